The van der Waals surface area contributed by atoms with Crippen LogP contribution in [0.3, 0.4) is 0 Å². The highest BCUT2D eigenvalue weighted by Gasteiger charge is 2.25. The second kappa shape index (κ2) is 9.39. The zero-order valence-corrected chi connectivity index (χ0v) is 16.2. The Bertz CT molecular complexity index is 759. The lowest BCUT2D eigenvalue weighted by Crippen LogP contribution is -2.46. The lowest BCUT2D eigenvalue weighted by atomic mass is 10.1. The van der Waals surface area contributed by atoms with Crippen molar-refractivity contribution in [1.29, 1.82) is 0 Å². The van der Waals surface area contributed by atoms with E-state index in [9.17, 15) is 9.59 Å². The minimum Gasteiger partial charge on any atom is -0.357 e. The summed E-state index contributed by atoms with van der Waals surface area (Å²) in [6.45, 7) is 4.17. The van der Waals surface area contributed by atoms with Gasteiger partial charge >= 0.3 is 0 Å². The maximum absolute atomic E-state index is 12.9. The van der Waals surface area contributed by atoms with Gasteiger partial charge in [-0.05, 0) is 37.5 Å². The molecule has 0 unspecified atom stereocenters. The number of halogens is 1. The number of hydrogen-bond acceptors (Lipinski definition) is 2. The van der Waals surface area contributed by atoms with E-state index < -0.39 is 6.04 Å². The van der Waals surface area contributed by atoms with Crippen molar-refractivity contribution in [3.63, 3.8) is 0 Å². The van der Waals surface area contributed by atoms with Crippen molar-refractivity contribution in [3.8, 4) is 0 Å². The highest BCUT2D eigenvalue weighted by atomic mass is 35.5. The van der Waals surface area contributed by atoms with Gasteiger partial charge in [-0.3, -0.25) is 9.59 Å². The standard InChI is InChI=1S/C21H25ClN2O2/c1-15-8-10-17(11-9-15)14-24(16(2)21(26)23-3)20(25)13-12-18-6-4-5-7-19(18)22/h4-11,16H,12-14H2,1-3H3,(H,23,26)/t16-/m0/s1. The largest absolute Gasteiger partial charge is 0.357 e. The van der Waals surface area contributed by atoms with Gasteiger partial charge in [-0.2, -0.15) is 0 Å². The molecule has 0 fully saturated rings. The van der Waals surface area contributed by atoms with Gasteiger partial charge in [-0.25, -0.2) is 0 Å². The molecule has 2 amide bonds. The van der Waals surface area contributed by atoms with Gasteiger partial charge < -0.3 is 10.2 Å². The normalized spacial score (nSPS) is 11.7. The van der Waals surface area contributed by atoms with E-state index in [0.717, 1.165) is 16.7 Å². The Morgan fingerprint density at radius 1 is 1.12 bits per heavy atom. The molecule has 0 radical (unpaired) electrons. The first-order valence-corrected chi connectivity index (χ1v) is 9.10. The number of nitrogens with one attached hydrogen (secondary N) is 1. The van der Waals surface area contributed by atoms with Crippen molar-refractivity contribution in [3.05, 3.63) is 70.2 Å². The second-order valence-electron chi connectivity index (χ2n) is 6.39. The minimum absolute atomic E-state index is 0.0680. The predicted octanol–water partition coefficient (Wildman–Crippen LogP) is 3.74. The number of benzene rings is 2. The summed E-state index contributed by atoms with van der Waals surface area (Å²) in [6, 6.07) is 15.0. The molecule has 0 aliphatic rings. The predicted molar refractivity (Wildman–Crippen MR) is 105 cm³/mol. The van der Waals surface area contributed by atoms with Crippen LogP contribution in [-0.2, 0) is 22.6 Å². The molecule has 0 aliphatic heterocycles. The maximum Gasteiger partial charge on any atom is 0.242 e. The lowest BCUT2D eigenvalue weighted by molar-refractivity contribution is -0.140. The van der Waals surface area contributed by atoms with Crippen LogP contribution in [0.15, 0.2) is 48.5 Å². The van der Waals surface area contributed by atoms with E-state index in [4.69, 9.17) is 11.6 Å². The van der Waals surface area contributed by atoms with Gasteiger partial charge in [-0.15, -0.1) is 0 Å². The number of carbonyl (C=O) groups excluding carboxylic acids is 2. The molecular formula is C21H25ClN2O2. The van der Waals surface area contributed by atoms with Crippen LogP contribution in [0, 0.1) is 6.92 Å². The number of likely N-dealkylation sites (N-methyl/N-ethyl adjacent to an activating group) is 1. The number of rotatable bonds is 7. The summed E-state index contributed by atoms with van der Waals surface area (Å²) >= 11 is 6.18. The topological polar surface area (TPSA) is 49.4 Å². The molecule has 0 saturated heterocycles. The number of amides is 2. The third-order valence-corrected chi connectivity index (χ3v) is 4.82. The van der Waals surface area contributed by atoms with E-state index in [1.165, 1.54) is 0 Å². The van der Waals surface area contributed by atoms with Crippen molar-refractivity contribution in [2.75, 3.05) is 7.05 Å². The van der Waals surface area contributed by atoms with Crippen LogP contribution < -0.4 is 5.32 Å². The van der Waals surface area contributed by atoms with Gasteiger partial charge in [0.05, 0.1) is 0 Å². The van der Waals surface area contributed by atoms with Gasteiger partial charge in [0.15, 0.2) is 0 Å². The molecule has 1 atom stereocenters. The minimum atomic E-state index is -0.542. The maximum atomic E-state index is 12.9. The molecule has 0 aromatic heterocycles. The summed E-state index contributed by atoms with van der Waals surface area (Å²) in [5, 5.41) is 3.28. The Hall–Kier alpha value is -2.33. The van der Waals surface area contributed by atoms with Crippen molar-refractivity contribution in [2.24, 2.45) is 0 Å². The molecule has 0 bridgehead atoms. The summed E-state index contributed by atoms with van der Waals surface area (Å²) in [7, 11) is 1.58. The van der Waals surface area contributed by atoms with Gasteiger partial charge in [-0.1, -0.05) is 59.6 Å². The Morgan fingerprint density at radius 2 is 1.77 bits per heavy atom. The molecule has 2 aromatic carbocycles. The highest BCUT2D eigenvalue weighted by molar-refractivity contribution is 6.31. The second-order valence-corrected chi connectivity index (χ2v) is 6.80. The number of hydrogen-bond donors (Lipinski definition) is 1. The third kappa shape index (κ3) is 5.33. The van der Waals surface area contributed by atoms with Crippen molar-refractivity contribution < 1.29 is 9.59 Å². The molecule has 1 N–H and O–H groups in total. The van der Waals surface area contributed by atoms with E-state index in [-0.39, 0.29) is 11.8 Å². The molecule has 2 aromatic rings. The number of carbonyl (C=O) groups is 2. The fourth-order valence-corrected chi connectivity index (χ4v) is 3.00. The average Bonchev–Trinajstić information content (AvgIpc) is 2.65. The molecule has 0 saturated carbocycles. The van der Waals surface area contributed by atoms with Gasteiger partial charge in [0.25, 0.3) is 0 Å². The van der Waals surface area contributed by atoms with Crippen LogP contribution in [0.4, 0.5) is 0 Å². The Balaban J connectivity index is 2.13. The molecule has 26 heavy (non-hydrogen) atoms. The summed E-state index contributed by atoms with van der Waals surface area (Å²) in [4.78, 5) is 26.6. The van der Waals surface area contributed by atoms with E-state index in [1.54, 1.807) is 18.9 Å². The van der Waals surface area contributed by atoms with Crippen LogP contribution in [-0.4, -0.2) is 29.8 Å². The van der Waals surface area contributed by atoms with E-state index >= 15 is 0 Å². The number of nitrogens with zero attached hydrogens (tertiary/aromatic N) is 1. The molecule has 0 heterocycles. The summed E-state index contributed by atoms with van der Waals surface area (Å²) in [5.41, 5.74) is 3.09. The van der Waals surface area contributed by atoms with Gasteiger partial charge in [0.2, 0.25) is 11.8 Å². The average molecular weight is 373 g/mol. The van der Waals surface area contributed by atoms with Crippen LogP contribution in [0.1, 0.15) is 30.0 Å². The molecule has 2 rings (SSSR count). The first kappa shape index (κ1) is 20.0. The van der Waals surface area contributed by atoms with E-state index in [2.05, 4.69) is 5.32 Å². The highest BCUT2D eigenvalue weighted by Crippen LogP contribution is 2.18. The quantitative estimate of drug-likeness (QED) is 0.804. The lowest BCUT2D eigenvalue weighted by Gasteiger charge is -2.28. The molecule has 0 spiro atoms. The molecule has 0 aliphatic carbocycles. The summed E-state index contributed by atoms with van der Waals surface area (Å²) in [6.07, 6.45) is 0.848. The number of aryl methyl sites for hydroxylation is 2. The van der Waals surface area contributed by atoms with Crippen LogP contribution in [0.5, 0.6) is 0 Å². The molecule has 5 heteroatoms. The SMILES string of the molecule is CNC(=O)[C@H](C)N(Cc1ccc(C)cc1)C(=O)CCc1ccccc1Cl. The smallest absolute Gasteiger partial charge is 0.242 e. The van der Waals surface area contributed by atoms with Crippen LogP contribution >= 0.6 is 11.6 Å². The zero-order valence-electron chi connectivity index (χ0n) is 15.5. The Morgan fingerprint density at radius 3 is 2.38 bits per heavy atom. The third-order valence-electron chi connectivity index (χ3n) is 4.45. The Labute approximate surface area is 160 Å². The molecule has 4 nitrogen and oxygen atoms in total. The van der Waals surface area contributed by atoms with Gasteiger partial charge in [0, 0.05) is 25.0 Å². The first-order valence-electron chi connectivity index (χ1n) is 8.72. The van der Waals surface area contributed by atoms with Crippen LogP contribution in [0.2, 0.25) is 5.02 Å². The molecule has 138 valence electrons. The summed E-state index contributed by atoms with van der Waals surface area (Å²) in [5.74, 6) is -0.246. The summed E-state index contributed by atoms with van der Waals surface area (Å²) < 4.78 is 0. The van der Waals surface area contributed by atoms with E-state index in [0.29, 0.717) is 24.4 Å². The fourth-order valence-electron chi connectivity index (χ4n) is 2.77. The molecular weight excluding hydrogens is 348 g/mol. The zero-order chi connectivity index (χ0) is 19.1. The first-order chi connectivity index (χ1) is 12.4. The van der Waals surface area contributed by atoms with Crippen molar-refractivity contribution >= 4 is 23.4 Å². The van der Waals surface area contributed by atoms with Crippen LogP contribution in [0.25, 0.3) is 0 Å². The Kier molecular flexibility index (Phi) is 7.22. The van der Waals surface area contributed by atoms with Gasteiger partial charge in [0.1, 0.15) is 6.04 Å². The van der Waals surface area contributed by atoms with Crippen molar-refractivity contribution in [2.45, 2.75) is 39.3 Å². The van der Waals surface area contributed by atoms with E-state index in [1.807, 2.05) is 55.5 Å². The van der Waals surface area contributed by atoms with Crippen molar-refractivity contribution in [1.82, 2.24) is 10.2 Å². The fraction of sp³-hybridized carbons (Fsp3) is 0.333. The monoisotopic (exact) mass is 372 g/mol.